The smallest absolute Gasteiger partial charge is 0.319 e. The number of hydrogen-bond donors (Lipinski definition) is 4. The van der Waals surface area contributed by atoms with Gasteiger partial charge in [-0.1, -0.05) is 29.3 Å². The van der Waals surface area contributed by atoms with Crippen molar-refractivity contribution in [2.45, 2.75) is 13.0 Å². The molecule has 2 aromatic heterocycles. The number of aryl methyl sites for hydroxylation is 1. The zero-order valence-corrected chi connectivity index (χ0v) is 20.1. The number of hydrogen-bond acceptors (Lipinski definition) is 6. The maximum Gasteiger partial charge on any atom is 0.319 e. The fourth-order valence-corrected chi connectivity index (χ4v) is 3.63. The van der Waals surface area contributed by atoms with Crippen molar-refractivity contribution in [3.63, 3.8) is 0 Å². The molecule has 2 amide bonds. The molecule has 0 aliphatic carbocycles. The van der Waals surface area contributed by atoms with Crippen molar-refractivity contribution < 1.29 is 18.7 Å². The Hall–Kier alpha value is -3.80. The number of aromatic nitrogens is 4. The highest BCUT2D eigenvalue weighted by atomic mass is 35.5. The van der Waals surface area contributed by atoms with Gasteiger partial charge in [0.1, 0.15) is 11.6 Å². The third-order valence-electron chi connectivity index (χ3n) is 5.01. The van der Waals surface area contributed by atoms with Gasteiger partial charge in [0.15, 0.2) is 5.82 Å². The molecule has 4 N–H and O–H groups in total. The van der Waals surface area contributed by atoms with Crippen LogP contribution in [0.25, 0.3) is 5.82 Å². The van der Waals surface area contributed by atoms with Crippen LogP contribution in [-0.4, -0.2) is 37.5 Å². The fourth-order valence-electron chi connectivity index (χ4n) is 3.23. The topological polar surface area (TPSA) is 117 Å². The van der Waals surface area contributed by atoms with E-state index in [0.717, 1.165) is 6.07 Å². The first-order valence-electron chi connectivity index (χ1n) is 10.5. The number of aliphatic hydroxyl groups excluding tert-OH is 1. The van der Waals surface area contributed by atoms with Crippen molar-refractivity contribution in [2.24, 2.45) is 0 Å². The molecular formula is C23H19Cl2F2N7O2. The SMILES string of the molecule is Cc1cnc(Nc2ccc(F)cc2Cl)nc1-n1cc(NC(=O)N[C@H](CO)c2ccc(F)c(Cl)c2)cn1. The van der Waals surface area contributed by atoms with Gasteiger partial charge in [-0.05, 0) is 42.8 Å². The summed E-state index contributed by atoms with van der Waals surface area (Å²) >= 11 is 11.9. The number of aliphatic hydroxyl groups is 1. The molecule has 186 valence electrons. The molecular weight excluding hydrogens is 515 g/mol. The van der Waals surface area contributed by atoms with Crippen LogP contribution in [0.3, 0.4) is 0 Å². The maximum absolute atomic E-state index is 13.4. The van der Waals surface area contributed by atoms with Crippen LogP contribution in [0.2, 0.25) is 10.0 Å². The monoisotopic (exact) mass is 533 g/mol. The minimum atomic E-state index is -0.811. The molecule has 0 radical (unpaired) electrons. The van der Waals surface area contributed by atoms with Crippen LogP contribution in [0.5, 0.6) is 0 Å². The highest BCUT2D eigenvalue weighted by molar-refractivity contribution is 6.33. The molecule has 0 unspecified atom stereocenters. The summed E-state index contributed by atoms with van der Waals surface area (Å²) < 4.78 is 28.2. The third kappa shape index (κ3) is 5.88. The van der Waals surface area contributed by atoms with E-state index in [-0.39, 0.29) is 16.0 Å². The Morgan fingerprint density at radius 1 is 1.14 bits per heavy atom. The molecule has 13 heteroatoms. The average Bonchev–Trinajstić information content (AvgIpc) is 3.30. The standard InChI is InChI=1S/C23H19Cl2F2N7O2/c1-12-8-28-22(31-19-5-3-14(26)7-17(19)25)33-21(12)34-10-15(9-29-34)30-23(36)32-20(11-35)13-2-4-18(27)16(24)6-13/h2-10,20,35H,11H2,1H3,(H,28,31,33)(H2,30,32,36)/t20-/m1/s1. The predicted molar refractivity (Wildman–Crippen MR) is 132 cm³/mol. The number of carbonyl (C=O) groups excluding carboxylic acids is 1. The Kier molecular flexibility index (Phi) is 7.63. The second-order valence-electron chi connectivity index (χ2n) is 7.63. The Balaban J connectivity index is 1.46. The Morgan fingerprint density at radius 3 is 2.67 bits per heavy atom. The molecule has 0 saturated heterocycles. The van der Waals surface area contributed by atoms with Crippen LogP contribution >= 0.6 is 23.2 Å². The number of nitrogens with one attached hydrogen (secondary N) is 3. The fraction of sp³-hybridized carbons (Fsp3) is 0.130. The minimum Gasteiger partial charge on any atom is -0.394 e. The van der Waals surface area contributed by atoms with Gasteiger partial charge in [0.2, 0.25) is 5.95 Å². The molecule has 4 aromatic rings. The first kappa shape index (κ1) is 25.3. The highest BCUT2D eigenvalue weighted by Gasteiger charge is 2.16. The van der Waals surface area contributed by atoms with E-state index in [9.17, 15) is 18.7 Å². The third-order valence-corrected chi connectivity index (χ3v) is 5.62. The first-order valence-corrected chi connectivity index (χ1v) is 11.2. The summed E-state index contributed by atoms with van der Waals surface area (Å²) in [5, 5.41) is 22.1. The second-order valence-corrected chi connectivity index (χ2v) is 8.44. The van der Waals surface area contributed by atoms with Gasteiger partial charge < -0.3 is 21.1 Å². The maximum atomic E-state index is 13.4. The van der Waals surface area contributed by atoms with E-state index in [1.165, 1.54) is 47.4 Å². The van der Waals surface area contributed by atoms with Crippen LogP contribution in [-0.2, 0) is 0 Å². The van der Waals surface area contributed by atoms with E-state index in [1.54, 1.807) is 13.1 Å². The van der Waals surface area contributed by atoms with Crippen LogP contribution in [0.4, 0.5) is 30.9 Å². The van der Waals surface area contributed by atoms with Gasteiger partial charge in [0.25, 0.3) is 0 Å². The number of carbonyl (C=O) groups is 1. The Bertz CT molecular complexity index is 1420. The van der Waals surface area contributed by atoms with Gasteiger partial charge in [-0.25, -0.2) is 23.2 Å². The van der Waals surface area contributed by atoms with E-state index in [0.29, 0.717) is 28.3 Å². The highest BCUT2D eigenvalue weighted by Crippen LogP contribution is 2.26. The molecule has 9 nitrogen and oxygen atoms in total. The van der Waals surface area contributed by atoms with Crippen molar-refractivity contribution >= 4 is 46.6 Å². The van der Waals surface area contributed by atoms with E-state index >= 15 is 0 Å². The largest absolute Gasteiger partial charge is 0.394 e. The van der Waals surface area contributed by atoms with Crippen molar-refractivity contribution in [1.29, 1.82) is 0 Å². The second kappa shape index (κ2) is 10.9. The number of amides is 2. The van der Waals surface area contributed by atoms with Gasteiger partial charge in [0, 0.05) is 11.8 Å². The number of urea groups is 1. The molecule has 0 bridgehead atoms. The summed E-state index contributed by atoms with van der Waals surface area (Å²) in [5.74, 6) is -0.444. The van der Waals surface area contributed by atoms with Crippen LogP contribution in [0.15, 0.2) is 55.0 Å². The first-order chi connectivity index (χ1) is 17.2. The van der Waals surface area contributed by atoms with E-state index < -0.39 is 30.3 Å². The summed E-state index contributed by atoms with van der Waals surface area (Å²) in [4.78, 5) is 21.1. The summed E-state index contributed by atoms with van der Waals surface area (Å²) in [5.41, 5.74) is 1.90. The minimum absolute atomic E-state index is 0.120. The average molecular weight is 534 g/mol. The van der Waals surface area contributed by atoms with E-state index in [4.69, 9.17) is 23.2 Å². The lowest BCUT2D eigenvalue weighted by atomic mass is 10.1. The molecule has 1 atom stereocenters. The lowest BCUT2D eigenvalue weighted by molar-refractivity contribution is 0.225. The van der Waals surface area contributed by atoms with Crippen molar-refractivity contribution in [1.82, 2.24) is 25.1 Å². The quantitative estimate of drug-likeness (QED) is 0.261. The lowest BCUT2D eigenvalue weighted by Gasteiger charge is -2.17. The molecule has 2 aromatic carbocycles. The van der Waals surface area contributed by atoms with E-state index in [1.807, 2.05) is 0 Å². The number of anilines is 3. The van der Waals surface area contributed by atoms with Gasteiger partial charge in [-0.3, -0.25) is 0 Å². The summed E-state index contributed by atoms with van der Waals surface area (Å²) in [6.07, 6.45) is 4.52. The molecule has 0 aliphatic heterocycles. The number of halogens is 4. The van der Waals surface area contributed by atoms with Crippen LogP contribution in [0, 0.1) is 18.6 Å². The molecule has 4 rings (SSSR count). The van der Waals surface area contributed by atoms with Gasteiger partial charge >= 0.3 is 6.03 Å². The summed E-state index contributed by atoms with van der Waals surface area (Å²) in [7, 11) is 0. The van der Waals surface area contributed by atoms with Crippen molar-refractivity contribution in [2.75, 3.05) is 17.2 Å². The van der Waals surface area contributed by atoms with Crippen LogP contribution in [0.1, 0.15) is 17.2 Å². The molecule has 0 saturated carbocycles. The zero-order chi connectivity index (χ0) is 25.8. The Labute approximate surface area is 214 Å². The predicted octanol–water partition coefficient (Wildman–Crippen LogP) is 5.15. The number of benzene rings is 2. The van der Waals surface area contributed by atoms with Gasteiger partial charge in [0.05, 0.1) is 46.5 Å². The lowest BCUT2D eigenvalue weighted by Crippen LogP contribution is -2.34. The normalized spacial score (nSPS) is 11.7. The molecule has 0 spiro atoms. The molecule has 0 aliphatic rings. The molecule has 36 heavy (non-hydrogen) atoms. The van der Waals surface area contributed by atoms with E-state index in [2.05, 4.69) is 31.0 Å². The van der Waals surface area contributed by atoms with Crippen LogP contribution < -0.4 is 16.0 Å². The number of rotatable bonds is 7. The zero-order valence-electron chi connectivity index (χ0n) is 18.6. The summed E-state index contributed by atoms with van der Waals surface area (Å²) in [6, 6.07) is 6.36. The Morgan fingerprint density at radius 2 is 1.94 bits per heavy atom. The van der Waals surface area contributed by atoms with Crippen molar-refractivity contribution in [3.05, 3.63) is 87.8 Å². The number of nitrogens with zero attached hydrogens (tertiary/aromatic N) is 4. The van der Waals surface area contributed by atoms with Gasteiger partial charge in [-0.15, -0.1) is 0 Å². The van der Waals surface area contributed by atoms with Gasteiger partial charge in [-0.2, -0.15) is 10.1 Å². The summed E-state index contributed by atoms with van der Waals surface area (Å²) in [6.45, 7) is 1.35. The molecule has 0 fully saturated rings. The molecule has 2 heterocycles. The van der Waals surface area contributed by atoms with Crippen molar-refractivity contribution in [3.8, 4) is 5.82 Å².